The fraction of sp³-hybridized carbons (Fsp3) is 0.222. The Morgan fingerprint density at radius 3 is 2.52 bits per heavy atom. The zero-order chi connectivity index (χ0) is 17.8. The van der Waals surface area contributed by atoms with Gasteiger partial charge in [0.05, 0.1) is 19.2 Å². The second-order valence-electron chi connectivity index (χ2n) is 5.59. The average Bonchev–Trinajstić information content (AvgIpc) is 2.75. The summed E-state index contributed by atoms with van der Waals surface area (Å²) in [6, 6.07) is 11.6. The maximum absolute atomic E-state index is 12.3. The number of ether oxygens (including phenoxy) is 2. The third-order valence-corrected chi connectivity index (χ3v) is 3.85. The van der Waals surface area contributed by atoms with Gasteiger partial charge in [0.25, 0.3) is 5.91 Å². The van der Waals surface area contributed by atoms with Crippen molar-refractivity contribution in [3.8, 4) is 11.5 Å². The smallest absolute Gasteiger partial charge is 0.323 e. The molecule has 0 saturated carbocycles. The number of carbonyl (C=O) groups is 2. The lowest BCUT2D eigenvalue weighted by Crippen LogP contribution is -2.28. The molecule has 1 heterocycles. The van der Waals surface area contributed by atoms with Crippen LogP contribution in [0.4, 0.5) is 16.2 Å². The number of amides is 3. The lowest BCUT2D eigenvalue weighted by molar-refractivity contribution is 0.0796. The number of urea groups is 1. The highest BCUT2D eigenvalue weighted by Crippen LogP contribution is 2.26. The first-order valence-corrected chi connectivity index (χ1v) is 7.81. The van der Waals surface area contributed by atoms with Crippen molar-refractivity contribution in [1.82, 2.24) is 4.90 Å². The molecule has 0 saturated heterocycles. The van der Waals surface area contributed by atoms with E-state index < -0.39 is 6.03 Å². The Labute approximate surface area is 145 Å². The van der Waals surface area contributed by atoms with Crippen LogP contribution in [0.2, 0.25) is 0 Å². The fourth-order valence-electron chi connectivity index (χ4n) is 2.47. The highest BCUT2D eigenvalue weighted by molar-refractivity contribution is 6.02. The number of nitrogens with zero attached hydrogens (tertiary/aromatic N) is 1. The minimum Gasteiger partial charge on any atom is -0.497 e. The molecule has 0 radical (unpaired) electrons. The highest BCUT2D eigenvalue weighted by atomic mass is 16.5. The topological polar surface area (TPSA) is 79.9 Å². The summed E-state index contributed by atoms with van der Waals surface area (Å²) in [4.78, 5) is 26.1. The van der Waals surface area contributed by atoms with E-state index in [1.165, 1.54) is 0 Å². The summed E-state index contributed by atoms with van der Waals surface area (Å²) in [5, 5.41) is 5.44. The Kier molecular flexibility index (Phi) is 4.74. The molecule has 0 aromatic heterocycles. The van der Waals surface area contributed by atoms with Crippen LogP contribution in [0, 0.1) is 0 Å². The number of methoxy groups -OCH3 is 1. The summed E-state index contributed by atoms with van der Waals surface area (Å²) >= 11 is 0. The molecule has 0 spiro atoms. The van der Waals surface area contributed by atoms with Crippen molar-refractivity contribution in [2.75, 3.05) is 37.9 Å². The van der Waals surface area contributed by atoms with E-state index in [0.29, 0.717) is 41.6 Å². The largest absolute Gasteiger partial charge is 0.497 e. The molecule has 3 amide bonds. The third kappa shape index (κ3) is 3.82. The van der Waals surface area contributed by atoms with E-state index in [9.17, 15) is 9.59 Å². The molecule has 3 rings (SSSR count). The first-order valence-electron chi connectivity index (χ1n) is 7.81. The predicted molar refractivity (Wildman–Crippen MR) is 94.5 cm³/mol. The molecular weight excluding hydrogens is 322 g/mol. The number of hydrogen-bond donors (Lipinski definition) is 2. The van der Waals surface area contributed by atoms with Crippen LogP contribution in [-0.4, -0.2) is 44.1 Å². The molecule has 0 fully saturated rings. The molecule has 0 atom stereocenters. The molecule has 0 unspecified atom stereocenters. The van der Waals surface area contributed by atoms with Gasteiger partial charge in [0.1, 0.15) is 18.1 Å². The van der Waals surface area contributed by atoms with E-state index >= 15 is 0 Å². The summed E-state index contributed by atoms with van der Waals surface area (Å²) in [5.74, 6) is 1.10. The van der Waals surface area contributed by atoms with Gasteiger partial charge in [0, 0.05) is 18.4 Å². The zero-order valence-electron chi connectivity index (χ0n) is 14.0. The Bertz CT molecular complexity index is 789. The van der Waals surface area contributed by atoms with Crippen LogP contribution in [0.3, 0.4) is 0 Å². The number of rotatable bonds is 3. The van der Waals surface area contributed by atoms with Gasteiger partial charge in [-0.2, -0.15) is 0 Å². The van der Waals surface area contributed by atoms with Crippen LogP contribution < -0.4 is 20.1 Å². The van der Waals surface area contributed by atoms with Gasteiger partial charge in [-0.1, -0.05) is 0 Å². The van der Waals surface area contributed by atoms with Gasteiger partial charge in [-0.05, 0) is 42.5 Å². The zero-order valence-corrected chi connectivity index (χ0v) is 14.0. The Morgan fingerprint density at radius 1 is 1.12 bits per heavy atom. The second-order valence-corrected chi connectivity index (χ2v) is 5.59. The maximum Gasteiger partial charge on any atom is 0.323 e. The Hall–Kier alpha value is -3.22. The van der Waals surface area contributed by atoms with Gasteiger partial charge in [0.2, 0.25) is 0 Å². The van der Waals surface area contributed by atoms with Gasteiger partial charge in [-0.15, -0.1) is 0 Å². The number of anilines is 2. The number of likely N-dealkylation sites (N-methyl/N-ethyl adjacent to an activating group) is 1. The van der Waals surface area contributed by atoms with Crippen molar-refractivity contribution in [3.05, 3.63) is 48.0 Å². The van der Waals surface area contributed by atoms with E-state index in [4.69, 9.17) is 9.47 Å². The summed E-state index contributed by atoms with van der Waals surface area (Å²) in [5.41, 5.74) is 1.58. The van der Waals surface area contributed by atoms with Gasteiger partial charge in [-0.3, -0.25) is 4.79 Å². The van der Waals surface area contributed by atoms with Gasteiger partial charge >= 0.3 is 6.03 Å². The van der Waals surface area contributed by atoms with E-state index in [1.807, 2.05) is 0 Å². The second kappa shape index (κ2) is 7.12. The molecule has 2 N–H and O–H groups in total. The fourth-order valence-corrected chi connectivity index (χ4v) is 2.47. The minimum atomic E-state index is -0.402. The lowest BCUT2D eigenvalue weighted by Gasteiger charge is -2.13. The minimum absolute atomic E-state index is 0.133. The van der Waals surface area contributed by atoms with Crippen LogP contribution in [-0.2, 0) is 0 Å². The first kappa shape index (κ1) is 16.6. The van der Waals surface area contributed by atoms with Crippen LogP contribution in [0.25, 0.3) is 0 Å². The van der Waals surface area contributed by atoms with Crippen LogP contribution >= 0.6 is 0 Å². The molecule has 7 heteroatoms. The molecule has 2 aromatic rings. The number of hydrogen-bond acceptors (Lipinski definition) is 4. The Balaban J connectivity index is 1.71. The standard InChI is InChI=1S/C18H19N3O4/c1-21-9-10-25-16-8-5-13(11-15(16)17(21)22)20-18(23)19-12-3-6-14(24-2)7-4-12/h3-8,11H,9-10H2,1-2H3,(H2,19,20,23). The van der Waals surface area contributed by atoms with E-state index in [1.54, 1.807) is 61.5 Å². The summed E-state index contributed by atoms with van der Waals surface area (Å²) in [6.07, 6.45) is 0. The Morgan fingerprint density at radius 2 is 1.80 bits per heavy atom. The molecule has 0 aliphatic carbocycles. The quantitative estimate of drug-likeness (QED) is 0.900. The molecule has 1 aliphatic heterocycles. The van der Waals surface area contributed by atoms with E-state index in [0.717, 1.165) is 0 Å². The highest BCUT2D eigenvalue weighted by Gasteiger charge is 2.21. The third-order valence-electron chi connectivity index (χ3n) is 3.85. The molecular formula is C18H19N3O4. The summed E-state index contributed by atoms with van der Waals surface area (Å²) < 4.78 is 10.6. The SMILES string of the molecule is COc1ccc(NC(=O)Nc2ccc3c(c2)C(=O)N(C)CCO3)cc1. The molecule has 0 bridgehead atoms. The lowest BCUT2D eigenvalue weighted by atomic mass is 10.1. The normalized spacial score (nSPS) is 13.4. The molecule has 2 aromatic carbocycles. The van der Waals surface area contributed by atoms with Crippen molar-refractivity contribution in [2.45, 2.75) is 0 Å². The maximum atomic E-state index is 12.3. The van der Waals surface area contributed by atoms with Crippen LogP contribution in [0.1, 0.15) is 10.4 Å². The average molecular weight is 341 g/mol. The molecule has 25 heavy (non-hydrogen) atoms. The van der Waals surface area contributed by atoms with Crippen molar-refractivity contribution in [1.29, 1.82) is 0 Å². The van der Waals surface area contributed by atoms with Crippen molar-refractivity contribution in [2.24, 2.45) is 0 Å². The predicted octanol–water partition coefficient (Wildman–Crippen LogP) is 2.80. The van der Waals surface area contributed by atoms with Gasteiger partial charge in [-0.25, -0.2) is 4.79 Å². The molecule has 130 valence electrons. The number of benzene rings is 2. The number of fused-ring (bicyclic) bond motifs is 1. The molecule has 7 nitrogen and oxygen atoms in total. The summed E-state index contributed by atoms with van der Waals surface area (Å²) in [7, 11) is 3.30. The van der Waals surface area contributed by atoms with Crippen LogP contribution in [0.15, 0.2) is 42.5 Å². The monoisotopic (exact) mass is 341 g/mol. The van der Waals surface area contributed by atoms with Crippen molar-refractivity contribution >= 4 is 23.3 Å². The molecule has 1 aliphatic rings. The van der Waals surface area contributed by atoms with E-state index in [2.05, 4.69) is 10.6 Å². The number of carbonyl (C=O) groups excluding carboxylic acids is 2. The summed E-state index contributed by atoms with van der Waals surface area (Å²) in [6.45, 7) is 0.966. The van der Waals surface area contributed by atoms with Gasteiger partial charge < -0.3 is 25.0 Å². The van der Waals surface area contributed by atoms with Crippen molar-refractivity contribution in [3.63, 3.8) is 0 Å². The number of nitrogens with one attached hydrogen (secondary N) is 2. The first-order chi connectivity index (χ1) is 12.1. The van der Waals surface area contributed by atoms with Crippen molar-refractivity contribution < 1.29 is 19.1 Å². The van der Waals surface area contributed by atoms with Crippen LogP contribution in [0.5, 0.6) is 11.5 Å². The van der Waals surface area contributed by atoms with E-state index in [-0.39, 0.29) is 5.91 Å². The van der Waals surface area contributed by atoms with Gasteiger partial charge in [0.15, 0.2) is 0 Å².